The number of tetrazole rings is 1. The average molecular weight is 273 g/mol. The van der Waals surface area contributed by atoms with Crippen LogP contribution in [0, 0.1) is 5.92 Å². The number of benzene rings is 1. The normalized spacial score (nSPS) is 20.9. The van der Waals surface area contributed by atoms with Gasteiger partial charge in [-0.3, -0.25) is 0 Å². The molecule has 0 amide bonds. The second-order valence-electron chi connectivity index (χ2n) is 5.23. The van der Waals surface area contributed by atoms with E-state index in [4.69, 9.17) is 10.5 Å². The van der Waals surface area contributed by atoms with E-state index in [-0.39, 0.29) is 0 Å². The molecule has 0 aliphatic heterocycles. The highest BCUT2D eigenvalue weighted by Crippen LogP contribution is 2.47. The lowest BCUT2D eigenvalue weighted by molar-refractivity contribution is 0.417. The van der Waals surface area contributed by atoms with Crippen LogP contribution in [-0.2, 0) is 0 Å². The first-order valence-electron chi connectivity index (χ1n) is 6.97. The largest absolute Gasteiger partial charge is 0.494 e. The third-order valence-electron chi connectivity index (χ3n) is 3.84. The van der Waals surface area contributed by atoms with E-state index in [1.54, 1.807) is 7.11 Å². The molecule has 20 heavy (non-hydrogen) atoms. The molecule has 6 heteroatoms. The lowest BCUT2D eigenvalue weighted by Gasteiger charge is -2.10. The van der Waals surface area contributed by atoms with Crippen LogP contribution in [0.5, 0.6) is 5.75 Å². The van der Waals surface area contributed by atoms with Crippen molar-refractivity contribution in [1.29, 1.82) is 0 Å². The van der Waals surface area contributed by atoms with E-state index in [2.05, 4.69) is 22.4 Å². The second-order valence-corrected chi connectivity index (χ2v) is 5.23. The molecule has 0 radical (unpaired) electrons. The topological polar surface area (TPSA) is 78.9 Å². The molecule has 2 unspecified atom stereocenters. The summed E-state index contributed by atoms with van der Waals surface area (Å²) in [6.45, 7) is 2.21. The maximum atomic E-state index is 5.95. The van der Waals surface area contributed by atoms with E-state index >= 15 is 0 Å². The van der Waals surface area contributed by atoms with Crippen molar-refractivity contribution in [1.82, 2.24) is 20.2 Å². The summed E-state index contributed by atoms with van der Waals surface area (Å²) in [4.78, 5) is 0. The first-order chi connectivity index (χ1) is 9.76. The van der Waals surface area contributed by atoms with Crippen LogP contribution < -0.4 is 10.5 Å². The number of anilines is 1. The van der Waals surface area contributed by atoms with Crippen LogP contribution in [0.3, 0.4) is 0 Å². The number of ether oxygens (including phenoxy) is 1. The molecule has 1 aliphatic rings. The van der Waals surface area contributed by atoms with Gasteiger partial charge in [0.2, 0.25) is 0 Å². The molecule has 2 atom stereocenters. The van der Waals surface area contributed by atoms with Crippen LogP contribution in [0.2, 0.25) is 0 Å². The van der Waals surface area contributed by atoms with Crippen molar-refractivity contribution in [3.8, 4) is 17.1 Å². The summed E-state index contributed by atoms with van der Waals surface area (Å²) in [5.41, 5.74) is 7.40. The Labute approximate surface area is 117 Å². The quantitative estimate of drug-likeness (QED) is 0.845. The minimum absolute atomic E-state index is 0.408. The molecule has 1 aromatic heterocycles. The van der Waals surface area contributed by atoms with Gasteiger partial charge in [-0.15, -0.1) is 5.10 Å². The Kier molecular flexibility index (Phi) is 3.30. The number of para-hydroxylation sites is 1. The Balaban J connectivity index is 1.97. The van der Waals surface area contributed by atoms with Gasteiger partial charge in [0.25, 0.3) is 0 Å². The highest BCUT2D eigenvalue weighted by atomic mass is 16.5. The molecule has 1 fully saturated rings. The SMILES string of the molecule is CCCC1CC1n1nnnc1-c1cccc(N)c1OC. The summed E-state index contributed by atoms with van der Waals surface area (Å²) in [5, 5.41) is 12.1. The lowest BCUT2D eigenvalue weighted by atomic mass is 10.1. The van der Waals surface area contributed by atoms with Gasteiger partial charge in [0, 0.05) is 0 Å². The summed E-state index contributed by atoms with van der Waals surface area (Å²) in [5.74, 6) is 2.06. The molecule has 2 N–H and O–H groups in total. The molecule has 6 nitrogen and oxygen atoms in total. The van der Waals surface area contributed by atoms with Crippen molar-refractivity contribution >= 4 is 5.69 Å². The fourth-order valence-corrected chi connectivity index (χ4v) is 2.77. The standard InChI is InChI=1S/C14H19N5O/c1-3-5-9-8-12(9)19-14(16-17-18-19)10-6-4-7-11(15)13(10)20-2/h4,6-7,9,12H,3,5,8,15H2,1-2H3. The van der Waals surface area contributed by atoms with Crippen LogP contribution in [0.25, 0.3) is 11.4 Å². The van der Waals surface area contributed by atoms with Gasteiger partial charge >= 0.3 is 0 Å². The molecule has 3 rings (SSSR count). The number of rotatable bonds is 5. The fraction of sp³-hybridized carbons (Fsp3) is 0.500. The monoisotopic (exact) mass is 273 g/mol. The molecule has 0 saturated heterocycles. The fourth-order valence-electron chi connectivity index (χ4n) is 2.77. The third-order valence-corrected chi connectivity index (χ3v) is 3.84. The zero-order chi connectivity index (χ0) is 14.1. The van der Waals surface area contributed by atoms with Gasteiger partial charge in [-0.25, -0.2) is 4.68 Å². The van der Waals surface area contributed by atoms with Crippen LogP contribution in [0.15, 0.2) is 18.2 Å². The van der Waals surface area contributed by atoms with Crippen molar-refractivity contribution in [3.63, 3.8) is 0 Å². The van der Waals surface area contributed by atoms with Crippen LogP contribution in [0.1, 0.15) is 32.2 Å². The van der Waals surface area contributed by atoms with Crippen molar-refractivity contribution in [2.45, 2.75) is 32.2 Å². The number of aromatic nitrogens is 4. The molecule has 1 aromatic carbocycles. The summed E-state index contributed by atoms with van der Waals surface area (Å²) >= 11 is 0. The zero-order valence-electron chi connectivity index (χ0n) is 11.8. The van der Waals surface area contributed by atoms with Gasteiger partial charge in [0.1, 0.15) is 0 Å². The molecule has 1 saturated carbocycles. The molecule has 1 aliphatic carbocycles. The van der Waals surface area contributed by atoms with Gasteiger partial charge < -0.3 is 10.5 Å². The number of nitrogens with two attached hydrogens (primary N) is 1. The summed E-state index contributed by atoms with van der Waals surface area (Å²) < 4.78 is 7.31. The second kappa shape index (κ2) is 5.11. The smallest absolute Gasteiger partial charge is 0.186 e. The van der Waals surface area contributed by atoms with E-state index in [0.717, 1.165) is 17.8 Å². The van der Waals surface area contributed by atoms with Crippen LogP contribution in [-0.4, -0.2) is 27.3 Å². The maximum absolute atomic E-state index is 5.95. The Morgan fingerprint density at radius 1 is 1.45 bits per heavy atom. The highest BCUT2D eigenvalue weighted by Gasteiger charge is 2.40. The Morgan fingerprint density at radius 3 is 3.05 bits per heavy atom. The molecule has 1 heterocycles. The molecular weight excluding hydrogens is 254 g/mol. The lowest BCUT2D eigenvalue weighted by Crippen LogP contribution is -2.04. The Hall–Kier alpha value is -2.11. The minimum Gasteiger partial charge on any atom is -0.494 e. The van der Waals surface area contributed by atoms with Gasteiger partial charge in [-0.2, -0.15) is 0 Å². The first kappa shape index (κ1) is 12.9. The summed E-state index contributed by atoms with van der Waals surface area (Å²) in [6.07, 6.45) is 3.56. The number of methoxy groups -OCH3 is 1. The highest BCUT2D eigenvalue weighted by molar-refractivity contribution is 5.73. The van der Waals surface area contributed by atoms with Gasteiger partial charge in [0.15, 0.2) is 11.6 Å². The van der Waals surface area contributed by atoms with E-state index in [0.29, 0.717) is 23.4 Å². The Bertz CT molecular complexity index is 609. The predicted octanol–water partition coefficient (Wildman–Crippen LogP) is 2.29. The number of hydrogen-bond acceptors (Lipinski definition) is 5. The van der Waals surface area contributed by atoms with Gasteiger partial charge in [-0.05, 0) is 41.3 Å². The number of nitrogens with zero attached hydrogens (tertiary/aromatic N) is 4. The molecule has 0 spiro atoms. The van der Waals surface area contributed by atoms with Crippen LogP contribution >= 0.6 is 0 Å². The van der Waals surface area contributed by atoms with Crippen molar-refractivity contribution < 1.29 is 4.74 Å². The number of nitrogen functional groups attached to an aromatic ring is 1. The minimum atomic E-state index is 0.408. The van der Waals surface area contributed by atoms with E-state index in [9.17, 15) is 0 Å². The molecule has 2 aromatic rings. The van der Waals surface area contributed by atoms with Crippen molar-refractivity contribution in [2.75, 3.05) is 12.8 Å². The molecular formula is C14H19N5O. The van der Waals surface area contributed by atoms with Crippen molar-refractivity contribution in [2.24, 2.45) is 5.92 Å². The van der Waals surface area contributed by atoms with Gasteiger partial charge in [0.05, 0.1) is 24.4 Å². The maximum Gasteiger partial charge on any atom is 0.186 e. The van der Waals surface area contributed by atoms with E-state index in [1.807, 2.05) is 22.9 Å². The van der Waals surface area contributed by atoms with Crippen LogP contribution in [0.4, 0.5) is 5.69 Å². The molecule has 0 bridgehead atoms. The Morgan fingerprint density at radius 2 is 2.30 bits per heavy atom. The third kappa shape index (κ3) is 2.11. The summed E-state index contributed by atoms with van der Waals surface area (Å²) in [6, 6.07) is 6.05. The predicted molar refractivity (Wildman–Crippen MR) is 76.3 cm³/mol. The summed E-state index contributed by atoms with van der Waals surface area (Å²) in [7, 11) is 1.61. The molecule has 106 valence electrons. The van der Waals surface area contributed by atoms with E-state index < -0.39 is 0 Å². The average Bonchev–Trinajstić information content (AvgIpc) is 3.03. The number of hydrogen-bond donors (Lipinski definition) is 1. The van der Waals surface area contributed by atoms with Crippen molar-refractivity contribution in [3.05, 3.63) is 18.2 Å². The van der Waals surface area contributed by atoms with E-state index in [1.165, 1.54) is 12.8 Å². The first-order valence-corrected chi connectivity index (χ1v) is 6.97. The zero-order valence-corrected chi connectivity index (χ0v) is 11.8. The van der Waals surface area contributed by atoms with Gasteiger partial charge in [-0.1, -0.05) is 19.4 Å².